The summed E-state index contributed by atoms with van der Waals surface area (Å²) in [4.78, 5) is 9.30. The van der Waals surface area contributed by atoms with Gasteiger partial charge in [0, 0.05) is 11.8 Å². The summed E-state index contributed by atoms with van der Waals surface area (Å²) in [5.41, 5.74) is 6.69. The lowest BCUT2D eigenvalue weighted by atomic mass is 9.87. The van der Waals surface area contributed by atoms with Gasteiger partial charge in [0.25, 0.3) is 0 Å². The van der Waals surface area contributed by atoms with Crippen molar-refractivity contribution >= 4 is 11.3 Å². The van der Waals surface area contributed by atoms with Crippen molar-refractivity contribution in [1.29, 1.82) is 0 Å². The summed E-state index contributed by atoms with van der Waals surface area (Å²) in [6.07, 6.45) is 2.44. The Labute approximate surface area is 176 Å². The molecule has 0 aliphatic heterocycles. The van der Waals surface area contributed by atoms with Gasteiger partial charge >= 0.3 is 0 Å². The highest BCUT2D eigenvalue weighted by Gasteiger charge is 2.16. The third-order valence-electron chi connectivity index (χ3n) is 5.00. The molecule has 29 heavy (non-hydrogen) atoms. The van der Waals surface area contributed by atoms with Crippen LogP contribution >= 0.6 is 11.3 Å². The predicted octanol–water partition coefficient (Wildman–Crippen LogP) is 5.40. The molecule has 0 fully saturated rings. The van der Waals surface area contributed by atoms with Gasteiger partial charge in [0.1, 0.15) is 5.82 Å². The molecule has 2 heterocycles. The van der Waals surface area contributed by atoms with Crippen LogP contribution in [-0.4, -0.2) is 19.7 Å². The van der Waals surface area contributed by atoms with E-state index >= 15 is 0 Å². The zero-order valence-corrected chi connectivity index (χ0v) is 18.0. The summed E-state index contributed by atoms with van der Waals surface area (Å²) < 4.78 is 1.98. The lowest BCUT2D eigenvalue weighted by Gasteiger charge is -2.19. The Morgan fingerprint density at radius 3 is 2.34 bits per heavy atom. The summed E-state index contributed by atoms with van der Waals surface area (Å²) in [5, 5.41) is 6.92. The number of aromatic nitrogens is 4. The highest BCUT2D eigenvalue weighted by Crippen LogP contribution is 2.24. The van der Waals surface area contributed by atoms with Crippen LogP contribution in [0.2, 0.25) is 0 Å². The molecule has 0 saturated carbocycles. The third kappa shape index (κ3) is 4.80. The van der Waals surface area contributed by atoms with E-state index in [4.69, 9.17) is 10.1 Å². The fourth-order valence-electron chi connectivity index (χ4n) is 3.31. The Morgan fingerprint density at radius 2 is 1.69 bits per heavy atom. The molecule has 0 radical (unpaired) electrons. The Hall–Kier alpha value is -2.79. The number of rotatable bonds is 6. The average Bonchev–Trinajstić information content (AvgIpc) is 3.37. The van der Waals surface area contributed by atoms with Crippen molar-refractivity contribution in [1.82, 2.24) is 19.7 Å². The number of hydrogen-bond acceptors (Lipinski definition) is 4. The van der Waals surface area contributed by atoms with Crippen LogP contribution in [-0.2, 0) is 24.7 Å². The number of thiazole rings is 1. The van der Waals surface area contributed by atoms with E-state index in [1.54, 1.807) is 11.3 Å². The Kier molecular flexibility index (Phi) is 5.58. The topological polar surface area (TPSA) is 43.6 Å². The molecule has 148 valence electrons. The van der Waals surface area contributed by atoms with Gasteiger partial charge in [-0.05, 0) is 35.1 Å². The molecule has 0 unspecified atom stereocenters. The lowest BCUT2D eigenvalue weighted by Crippen LogP contribution is -2.11. The molecule has 0 N–H and O–H groups in total. The van der Waals surface area contributed by atoms with Crippen LogP contribution in [0.5, 0.6) is 0 Å². The van der Waals surface area contributed by atoms with Crippen molar-refractivity contribution in [3.63, 3.8) is 0 Å². The van der Waals surface area contributed by atoms with Gasteiger partial charge in [0.05, 0.1) is 23.3 Å². The van der Waals surface area contributed by atoms with E-state index in [1.807, 2.05) is 16.3 Å². The highest BCUT2D eigenvalue weighted by molar-refractivity contribution is 7.07. The maximum atomic E-state index is 4.86. The van der Waals surface area contributed by atoms with E-state index in [-0.39, 0.29) is 5.41 Å². The monoisotopic (exact) mass is 402 g/mol. The maximum Gasteiger partial charge on any atom is 0.151 e. The molecule has 0 amide bonds. The minimum absolute atomic E-state index is 0.130. The molecule has 0 spiro atoms. The van der Waals surface area contributed by atoms with Gasteiger partial charge in [-0.2, -0.15) is 5.10 Å². The molecule has 5 heteroatoms. The van der Waals surface area contributed by atoms with Crippen LogP contribution in [0, 0.1) is 0 Å². The zero-order chi connectivity index (χ0) is 20.3. The van der Waals surface area contributed by atoms with Gasteiger partial charge in [0.15, 0.2) is 5.82 Å². The maximum absolute atomic E-state index is 4.86. The number of aryl methyl sites for hydroxylation is 2. The van der Waals surface area contributed by atoms with E-state index in [9.17, 15) is 0 Å². The minimum Gasteiger partial charge on any atom is -0.249 e. The number of hydrogen-bond donors (Lipinski definition) is 0. The van der Waals surface area contributed by atoms with E-state index in [1.165, 1.54) is 11.1 Å². The summed E-state index contributed by atoms with van der Waals surface area (Å²) in [6, 6.07) is 19.2. The van der Waals surface area contributed by atoms with Gasteiger partial charge in [-0.1, -0.05) is 63.2 Å². The molecule has 0 saturated heterocycles. The average molecular weight is 403 g/mol. The van der Waals surface area contributed by atoms with E-state index in [0.29, 0.717) is 6.42 Å². The van der Waals surface area contributed by atoms with E-state index < -0.39 is 0 Å². The molecule has 4 aromatic rings. The van der Waals surface area contributed by atoms with Crippen LogP contribution in [0.4, 0.5) is 0 Å². The summed E-state index contributed by atoms with van der Waals surface area (Å²) in [6.45, 7) is 6.69. The highest BCUT2D eigenvalue weighted by atomic mass is 32.1. The van der Waals surface area contributed by atoms with Crippen LogP contribution in [0.25, 0.3) is 5.69 Å². The Bertz CT molecular complexity index is 1040. The quantitative estimate of drug-likeness (QED) is 0.434. The Balaban J connectivity index is 1.62. The lowest BCUT2D eigenvalue weighted by molar-refractivity contribution is 0.590. The molecule has 4 rings (SSSR count). The van der Waals surface area contributed by atoms with Crippen LogP contribution in [0.3, 0.4) is 0 Å². The predicted molar refractivity (Wildman–Crippen MR) is 119 cm³/mol. The summed E-state index contributed by atoms with van der Waals surface area (Å²) in [7, 11) is 0. The molecular weight excluding hydrogens is 376 g/mol. The Morgan fingerprint density at radius 1 is 0.931 bits per heavy atom. The molecule has 0 aliphatic carbocycles. The molecule has 0 aliphatic rings. The standard InChI is InChI=1S/C24H26N4S/c1-24(2,3)19-10-12-21(13-11-19)28-23(15-20-16-29-17-25-20)26-22(27-28)14-9-18-7-5-4-6-8-18/h4-8,10-13,16-17H,9,14-15H2,1-3H3. The molecule has 0 bridgehead atoms. The fourth-order valence-corrected chi connectivity index (χ4v) is 3.87. The summed E-state index contributed by atoms with van der Waals surface area (Å²) in [5.74, 6) is 1.81. The van der Waals surface area contributed by atoms with Gasteiger partial charge in [-0.3, -0.25) is 0 Å². The molecular formula is C24H26N4S. The second-order valence-corrected chi connectivity index (χ2v) is 9.01. The van der Waals surface area contributed by atoms with Gasteiger partial charge in [-0.25, -0.2) is 14.6 Å². The first-order chi connectivity index (χ1) is 14.0. The van der Waals surface area contributed by atoms with Crippen molar-refractivity contribution in [3.8, 4) is 5.69 Å². The van der Waals surface area contributed by atoms with Crippen molar-refractivity contribution in [3.05, 3.63) is 94.0 Å². The first kappa shape index (κ1) is 19.5. The first-order valence-corrected chi connectivity index (χ1v) is 10.9. The van der Waals surface area contributed by atoms with Crippen LogP contribution in [0.15, 0.2) is 65.5 Å². The SMILES string of the molecule is CC(C)(C)c1ccc(-n2nc(CCc3ccccc3)nc2Cc2cscn2)cc1. The van der Waals surface area contributed by atoms with E-state index in [0.717, 1.165) is 35.9 Å². The molecule has 4 nitrogen and oxygen atoms in total. The first-order valence-electron chi connectivity index (χ1n) is 9.96. The van der Waals surface area contributed by atoms with Crippen LogP contribution < -0.4 is 0 Å². The second-order valence-electron chi connectivity index (χ2n) is 8.30. The van der Waals surface area contributed by atoms with Crippen LogP contribution in [0.1, 0.15) is 49.2 Å². The number of benzene rings is 2. The van der Waals surface area contributed by atoms with Crippen molar-refractivity contribution < 1.29 is 0 Å². The van der Waals surface area contributed by atoms with Gasteiger partial charge in [0.2, 0.25) is 0 Å². The van der Waals surface area contributed by atoms with Crippen molar-refractivity contribution in [2.75, 3.05) is 0 Å². The molecule has 2 aromatic carbocycles. The largest absolute Gasteiger partial charge is 0.249 e. The normalized spacial score (nSPS) is 11.7. The second kappa shape index (κ2) is 8.29. The van der Waals surface area contributed by atoms with Crippen molar-refractivity contribution in [2.24, 2.45) is 0 Å². The smallest absolute Gasteiger partial charge is 0.151 e. The summed E-state index contributed by atoms with van der Waals surface area (Å²) >= 11 is 1.61. The molecule has 0 atom stereocenters. The van der Waals surface area contributed by atoms with Gasteiger partial charge in [-0.15, -0.1) is 11.3 Å². The molecule has 2 aromatic heterocycles. The zero-order valence-electron chi connectivity index (χ0n) is 17.2. The van der Waals surface area contributed by atoms with Crippen molar-refractivity contribution in [2.45, 2.75) is 45.4 Å². The minimum atomic E-state index is 0.130. The number of nitrogens with zero attached hydrogens (tertiary/aromatic N) is 4. The fraction of sp³-hybridized carbons (Fsp3) is 0.292. The third-order valence-corrected chi connectivity index (χ3v) is 5.63. The van der Waals surface area contributed by atoms with E-state index in [2.05, 4.69) is 79.7 Å². The van der Waals surface area contributed by atoms with Gasteiger partial charge < -0.3 is 0 Å².